The largest absolute Gasteiger partial charge is 0.357 e. The Hall–Kier alpha value is -1.54. The number of amides is 1. The zero-order chi connectivity index (χ0) is 20.4. The van der Waals surface area contributed by atoms with E-state index in [0.29, 0.717) is 5.02 Å². The number of likely N-dealkylation sites (tertiary alicyclic amines) is 1. The van der Waals surface area contributed by atoms with Crippen LogP contribution in [0.5, 0.6) is 0 Å². The third-order valence-corrected chi connectivity index (χ3v) is 6.72. The molecule has 156 valence electrons. The molecule has 8 heteroatoms. The third kappa shape index (κ3) is 4.19. The number of hydrogen-bond donors (Lipinski definition) is 1. The summed E-state index contributed by atoms with van der Waals surface area (Å²) < 4.78 is 8.42. The SMILES string of the molecule is CNC(=O)C1OC2(CCN(Cc3cnn(CCSC)c3)CC2)c2cc(Cl)ccc21. The lowest BCUT2D eigenvalue weighted by Gasteiger charge is -2.39. The number of hydrogen-bond acceptors (Lipinski definition) is 5. The van der Waals surface area contributed by atoms with Gasteiger partial charge in [-0.3, -0.25) is 14.4 Å². The highest BCUT2D eigenvalue weighted by molar-refractivity contribution is 7.98. The second kappa shape index (κ2) is 8.68. The number of aromatic nitrogens is 2. The number of carbonyl (C=O) groups excluding carboxylic acids is 1. The number of halogens is 1. The molecule has 1 N–H and O–H groups in total. The fraction of sp³-hybridized carbons (Fsp3) is 0.524. The Morgan fingerprint density at radius 2 is 2.21 bits per heavy atom. The van der Waals surface area contributed by atoms with Gasteiger partial charge in [0.05, 0.1) is 11.8 Å². The van der Waals surface area contributed by atoms with Crippen LogP contribution in [-0.4, -0.2) is 52.7 Å². The highest BCUT2D eigenvalue weighted by Gasteiger charge is 2.48. The second-order valence-corrected chi connectivity index (χ2v) is 9.14. The number of benzene rings is 1. The molecule has 1 aromatic heterocycles. The summed E-state index contributed by atoms with van der Waals surface area (Å²) in [5.41, 5.74) is 2.82. The van der Waals surface area contributed by atoms with Gasteiger partial charge in [0, 0.05) is 55.8 Å². The standard InChI is InChI=1S/C21H27ClN4O2S/c1-23-20(27)19-17-4-3-16(22)11-18(17)21(28-19)5-7-25(8-6-21)13-15-12-24-26(14-15)9-10-29-2/h3-4,11-12,14,19H,5-10,13H2,1-2H3,(H,23,27). The topological polar surface area (TPSA) is 59.4 Å². The van der Waals surface area contributed by atoms with E-state index in [1.54, 1.807) is 7.05 Å². The van der Waals surface area contributed by atoms with Crippen LogP contribution in [0.25, 0.3) is 0 Å². The molecule has 1 atom stereocenters. The molecule has 4 rings (SSSR count). The third-order valence-electron chi connectivity index (χ3n) is 5.90. The molecule has 3 heterocycles. The van der Waals surface area contributed by atoms with Crippen molar-refractivity contribution in [3.05, 3.63) is 52.3 Å². The van der Waals surface area contributed by atoms with E-state index in [1.165, 1.54) is 5.56 Å². The monoisotopic (exact) mass is 434 g/mol. The van der Waals surface area contributed by atoms with Gasteiger partial charge in [0.1, 0.15) is 0 Å². The fourth-order valence-electron chi connectivity index (χ4n) is 4.34. The number of ether oxygens (including phenoxy) is 1. The van der Waals surface area contributed by atoms with Crippen LogP contribution in [0, 0.1) is 0 Å². The molecule has 0 bridgehead atoms. The van der Waals surface area contributed by atoms with Crippen molar-refractivity contribution in [1.82, 2.24) is 20.0 Å². The summed E-state index contributed by atoms with van der Waals surface area (Å²) in [7, 11) is 1.65. The van der Waals surface area contributed by atoms with Gasteiger partial charge >= 0.3 is 0 Å². The Labute approximate surface area is 180 Å². The van der Waals surface area contributed by atoms with E-state index in [2.05, 4.69) is 27.8 Å². The molecule has 1 spiro atoms. The molecule has 1 unspecified atom stereocenters. The summed E-state index contributed by atoms with van der Waals surface area (Å²) in [5.74, 6) is 0.963. The molecule has 0 radical (unpaired) electrons. The smallest absolute Gasteiger partial charge is 0.253 e. The predicted molar refractivity (Wildman–Crippen MR) is 116 cm³/mol. The molecule has 1 saturated heterocycles. The van der Waals surface area contributed by atoms with E-state index < -0.39 is 11.7 Å². The van der Waals surface area contributed by atoms with Gasteiger partial charge in [-0.1, -0.05) is 17.7 Å². The molecule has 1 fully saturated rings. The number of likely N-dealkylation sites (N-methyl/N-ethyl adjacent to an activating group) is 1. The first-order valence-corrected chi connectivity index (χ1v) is 11.7. The summed E-state index contributed by atoms with van der Waals surface area (Å²) >= 11 is 8.11. The van der Waals surface area contributed by atoms with Crippen LogP contribution in [0.2, 0.25) is 5.02 Å². The number of aryl methyl sites for hydroxylation is 1. The van der Waals surface area contributed by atoms with Gasteiger partial charge in [-0.25, -0.2) is 0 Å². The zero-order valence-corrected chi connectivity index (χ0v) is 18.4. The maximum absolute atomic E-state index is 12.4. The summed E-state index contributed by atoms with van der Waals surface area (Å²) in [5, 5.41) is 7.87. The lowest BCUT2D eigenvalue weighted by molar-refractivity contribution is -0.150. The number of fused-ring (bicyclic) bond motifs is 2. The van der Waals surface area contributed by atoms with Crippen molar-refractivity contribution in [1.29, 1.82) is 0 Å². The average Bonchev–Trinajstić information content (AvgIpc) is 3.30. The number of nitrogens with one attached hydrogen (secondary N) is 1. The lowest BCUT2D eigenvalue weighted by atomic mass is 9.83. The van der Waals surface area contributed by atoms with Crippen molar-refractivity contribution in [2.75, 3.05) is 32.1 Å². The van der Waals surface area contributed by atoms with Crippen LogP contribution >= 0.6 is 23.4 Å². The van der Waals surface area contributed by atoms with Crippen molar-refractivity contribution in [3.8, 4) is 0 Å². The van der Waals surface area contributed by atoms with Crippen molar-refractivity contribution in [2.45, 2.75) is 37.6 Å². The van der Waals surface area contributed by atoms with Crippen LogP contribution < -0.4 is 5.32 Å². The van der Waals surface area contributed by atoms with Crippen molar-refractivity contribution in [2.24, 2.45) is 0 Å². The minimum absolute atomic E-state index is 0.106. The molecule has 2 aromatic rings. The van der Waals surface area contributed by atoms with Crippen molar-refractivity contribution < 1.29 is 9.53 Å². The molecule has 1 aromatic carbocycles. The molecule has 2 aliphatic rings. The molecule has 1 amide bonds. The summed E-state index contributed by atoms with van der Waals surface area (Å²) in [6.07, 6.45) is 7.34. The van der Waals surface area contributed by atoms with Gasteiger partial charge in [-0.2, -0.15) is 16.9 Å². The fourth-order valence-corrected chi connectivity index (χ4v) is 4.88. The maximum Gasteiger partial charge on any atom is 0.253 e. The van der Waals surface area contributed by atoms with Gasteiger partial charge in [0.25, 0.3) is 5.91 Å². The Morgan fingerprint density at radius 3 is 2.93 bits per heavy atom. The van der Waals surface area contributed by atoms with Crippen LogP contribution in [0.3, 0.4) is 0 Å². The molecule has 0 saturated carbocycles. The van der Waals surface area contributed by atoms with Crippen LogP contribution in [0.4, 0.5) is 0 Å². The summed E-state index contributed by atoms with van der Waals surface area (Å²) in [6.45, 7) is 3.64. The minimum Gasteiger partial charge on any atom is -0.357 e. The van der Waals surface area contributed by atoms with E-state index in [1.807, 2.05) is 40.8 Å². The number of thioether (sulfide) groups is 1. The first kappa shape index (κ1) is 20.7. The van der Waals surface area contributed by atoms with E-state index in [0.717, 1.165) is 55.9 Å². The van der Waals surface area contributed by atoms with E-state index in [9.17, 15) is 4.79 Å². The molecule has 2 aliphatic heterocycles. The Morgan fingerprint density at radius 1 is 1.41 bits per heavy atom. The maximum atomic E-state index is 12.4. The van der Waals surface area contributed by atoms with E-state index in [4.69, 9.17) is 16.3 Å². The Bertz CT molecular complexity index is 879. The normalized spacial score (nSPS) is 20.7. The van der Waals surface area contributed by atoms with Gasteiger partial charge in [0.2, 0.25) is 0 Å². The number of nitrogens with zero attached hydrogens (tertiary/aromatic N) is 3. The lowest BCUT2D eigenvalue weighted by Crippen LogP contribution is -2.42. The summed E-state index contributed by atoms with van der Waals surface area (Å²) in [6, 6.07) is 5.75. The van der Waals surface area contributed by atoms with Crippen LogP contribution in [0.1, 0.15) is 35.6 Å². The van der Waals surface area contributed by atoms with Gasteiger partial charge in [-0.15, -0.1) is 0 Å². The average molecular weight is 435 g/mol. The van der Waals surface area contributed by atoms with Gasteiger partial charge < -0.3 is 10.1 Å². The van der Waals surface area contributed by atoms with Crippen LogP contribution in [0.15, 0.2) is 30.6 Å². The van der Waals surface area contributed by atoms with Crippen molar-refractivity contribution >= 4 is 29.3 Å². The first-order chi connectivity index (χ1) is 14.0. The first-order valence-electron chi connectivity index (χ1n) is 9.96. The van der Waals surface area contributed by atoms with Crippen molar-refractivity contribution in [3.63, 3.8) is 0 Å². The number of piperidine rings is 1. The van der Waals surface area contributed by atoms with Gasteiger partial charge in [0.15, 0.2) is 6.10 Å². The highest BCUT2D eigenvalue weighted by atomic mass is 35.5. The molecular weight excluding hydrogens is 408 g/mol. The van der Waals surface area contributed by atoms with Crippen LogP contribution in [-0.2, 0) is 28.2 Å². The molecular formula is C21H27ClN4O2S. The van der Waals surface area contributed by atoms with E-state index >= 15 is 0 Å². The zero-order valence-electron chi connectivity index (χ0n) is 16.9. The Balaban J connectivity index is 1.45. The van der Waals surface area contributed by atoms with Gasteiger partial charge in [-0.05, 0) is 42.4 Å². The molecule has 6 nitrogen and oxygen atoms in total. The highest BCUT2D eigenvalue weighted by Crippen LogP contribution is 2.50. The number of carbonyl (C=O) groups is 1. The quantitative estimate of drug-likeness (QED) is 0.756. The van der Waals surface area contributed by atoms with E-state index in [-0.39, 0.29) is 5.91 Å². The predicted octanol–water partition coefficient (Wildman–Crippen LogP) is 3.21. The minimum atomic E-state index is -0.562. The number of rotatable bonds is 6. The second-order valence-electron chi connectivity index (χ2n) is 7.72. The summed E-state index contributed by atoms with van der Waals surface area (Å²) in [4.78, 5) is 14.8. The molecule has 0 aliphatic carbocycles. The molecule has 29 heavy (non-hydrogen) atoms. The Kier molecular flexibility index (Phi) is 6.20.